The third-order valence-electron chi connectivity index (χ3n) is 10.5. The molecule has 35 heavy (non-hydrogen) atoms. The van der Waals surface area contributed by atoms with Crippen LogP contribution in [0.3, 0.4) is 0 Å². The van der Waals surface area contributed by atoms with Crippen molar-refractivity contribution in [3.8, 4) is 0 Å². The molecular formula is C29H39NO5. The number of rotatable bonds is 4. The van der Waals surface area contributed by atoms with Crippen LogP contribution in [-0.2, 0) is 9.47 Å². The fourth-order valence-corrected chi connectivity index (χ4v) is 8.77. The van der Waals surface area contributed by atoms with Crippen LogP contribution in [0.15, 0.2) is 47.1 Å². The zero-order valence-corrected chi connectivity index (χ0v) is 21.4. The van der Waals surface area contributed by atoms with Crippen LogP contribution in [0, 0.1) is 28.6 Å². The van der Waals surface area contributed by atoms with Crippen LogP contribution < -0.4 is 0 Å². The van der Waals surface area contributed by atoms with E-state index >= 15 is 0 Å². The second kappa shape index (κ2) is 8.74. The summed E-state index contributed by atoms with van der Waals surface area (Å²) in [4.78, 5) is 12.6. The van der Waals surface area contributed by atoms with E-state index in [2.05, 4.69) is 25.1 Å². The lowest BCUT2D eigenvalue weighted by Gasteiger charge is -2.59. The van der Waals surface area contributed by atoms with Gasteiger partial charge >= 0.3 is 5.97 Å². The molecule has 0 amide bonds. The van der Waals surface area contributed by atoms with Gasteiger partial charge in [0.15, 0.2) is 0 Å². The van der Waals surface area contributed by atoms with Gasteiger partial charge in [0.1, 0.15) is 11.7 Å². The smallest absolute Gasteiger partial charge is 0.338 e. The molecule has 0 saturated heterocycles. The molecule has 1 aromatic rings. The van der Waals surface area contributed by atoms with Crippen LogP contribution in [0.5, 0.6) is 0 Å². The standard InChI is InChI=1S/C29H39NO5/c1-18(30-33)29(34-4)25(31)17-24-22-11-10-20-16-21(35-26(32)19-8-6-5-7-9-19)12-14-27(20,2)23(22)13-15-28(24,29)3/h5-10,21-25,31,33H,11-17H2,1-4H3. The normalized spacial score (nSPS) is 42.9. The average molecular weight is 482 g/mol. The second-order valence-electron chi connectivity index (χ2n) is 11.7. The van der Waals surface area contributed by atoms with Gasteiger partial charge < -0.3 is 19.8 Å². The first-order valence-electron chi connectivity index (χ1n) is 13.1. The Bertz CT molecular complexity index is 1040. The number of methoxy groups -OCH3 is 1. The lowest BCUT2D eigenvalue weighted by molar-refractivity contribution is -0.131. The van der Waals surface area contributed by atoms with E-state index in [1.165, 1.54) is 5.57 Å². The molecule has 0 heterocycles. The number of benzene rings is 1. The summed E-state index contributed by atoms with van der Waals surface area (Å²) in [6.07, 6.45) is 7.93. The summed E-state index contributed by atoms with van der Waals surface area (Å²) in [6.45, 7) is 6.40. The molecule has 190 valence electrons. The van der Waals surface area contributed by atoms with E-state index < -0.39 is 11.7 Å². The predicted molar refractivity (Wildman–Crippen MR) is 133 cm³/mol. The molecule has 8 atom stereocenters. The zero-order chi connectivity index (χ0) is 25.0. The first-order chi connectivity index (χ1) is 16.7. The van der Waals surface area contributed by atoms with Crippen molar-refractivity contribution in [3.05, 3.63) is 47.5 Å². The van der Waals surface area contributed by atoms with E-state index in [4.69, 9.17) is 9.47 Å². The Morgan fingerprint density at radius 1 is 1.11 bits per heavy atom. The van der Waals surface area contributed by atoms with E-state index in [1.807, 2.05) is 18.2 Å². The maximum atomic E-state index is 12.6. The summed E-state index contributed by atoms with van der Waals surface area (Å²) in [5.41, 5.74) is 1.35. The molecule has 3 saturated carbocycles. The summed E-state index contributed by atoms with van der Waals surface area (Å²) < 4.78 is 12.0. The summed E-state index contributed by atoms with van der Waals surface area (Å²) in [5.74, 6) is 1.02. The Morgan fingerprint density at radius 3 is 2.54 bits per heavy atom. The van der Waals surface area contributed by atoms with E-state index in [0.29, 0.717) is 29.5 Å². The highest BCUT2D eigenvalue weighted by Crippen LogP contribution is 2.68. The second-order valence-corrected chi connectivity index (χ2v) is 11.7. The van der Waals surface area contributed by atoms with E-state index in [9.17, 15) is 15.1 Å². The molecular weight excluding hydrogens is 442 g/mol. The average Bonchev–Trinajstić information content (AvgIpc) is 3.10. The maximum Gasteiger partial charge on any atom is 0.338 e. The van der Waals surface area contributed by atoms with E-state index in [-0.39, 0.29) is 28.8 Å². The minimum atomic E-state index is -0.953. The third-order valence-corrected chi connectivity index (χ3v) is 10.5. The highest BCUT2D eigenvalue weighted by atomic mass is 16.5. The van der Waals surface area contributed by atoms with Crippen molar-refractivity contribution in [3.63, 3.8) is 0 Å². The number of esters is 1. The van der Waals surface area contributed by atoms with Crippen molar-refractivity contribution < 1.29 is 24.6 Å². The van der Waals surface area contributed by atoms with E-state index in [0.717, 1.165) is 38.5 Å². The van der Waals surface area contributed by atoms with Gasteiger partial charge in [0.25, 0.3) is 0 Å². The fourth-order valence-electron chi connectivity index (χ4n) is 8.77. The first-order valence-corrected chi connectivity index (χ1v) is 13.1. The molecule has 8 unspecified atom stereocenters. The third kappa shape index (κ3) is 3.43. The SMILES string of the molecule is COC1(C(C)=NO)C(O)CC2C3CC=C4CC(OC(=O)c5ccccc5)CCC4(C)C3CCC21C. The molecule has 3 fully saturated rings. The number of ether oxygens (including phenoxy) is 2. The number of carbonyl (C=O) groups excluding carboxylic acids is 1. The lowest BCUT2D eigenvalue weighted by atomic mass is 9.46. The van der Waals surface area contributed by atoms with Crippen LogP contribution >= 0.6 is 0 Å². The van der Waals surface area contributed by atoms with Gasteiger partial charge in [-0.3, -0.25) is 0 Å². The molecule has 0 bridgehead atoms. The van der Waals surface area contributed by atoms with Crippen molar-refractivity contribution in [1.29, 1.82) is 0 Å². The van der Waals surface area contributed by atoms with Gasteiger partial charge in [-0.1, -0.05) is 48.9 Å². The molecule has 5 rings (SSSR count). The minimum Gasteiger partial charge on any atom is -0.458 e. The van der Waals surface area contributed by atoms with Crippen LogP contribution in [0.4, 0.5) is 0 Å². The number of oxime groups is 1. The summed E-state index contributed by atoms with van der Waals surface area (Å²) >= 11 is 0. The Kier molecular flexibility index (Phi) is 6.12. The molecule has 1 aromatic carbocycles. The highest BCUT2D eigenvalue weighted by molar-refractivity contribution is 5.92. The number of hydrogen-bond donors (Lipinski definition) is 2. The van der Waals surface area contributed by atoms with Gasteiger partial charge in [-0.05, 0) is 80.8 Å². The molecule has 0 spiro atoms. The Hall–Kier alpha value is -2.18. The number of allylic oxidation sites excluding steroid dienone is 1. The number of hydrogen-bond acceptors (Lipinski definition) is 6. The lowest BCUT2D eigenvalue weighted by Crippen LogP contribution is -2.60. The fraction of sp³-hybridized carbons (Fsp3) is 0.655. The molecule has 0 radical (unpaired) electrons. The molecule has 6 nitrogen and oxygen atoms in total. The summed E-state index contributed by atoms with van der Waals surface area (Å²) in [5, 5.41) is 24.4. The number of aliphatic hydroxyl groups is 1. The predicted octanol–water partition coefficient (Wildman–Crippen LogP) is 5.38. The minimum absolute atomic E-state index is 0.0784. The molecule has 0 aliphatic heterocycles. The molecule has 4 aliphatic carbocycles. The van der Waals surface area contributed by atoms with Gasteiger partial charge in [-0.2, -0.15) is 0 Å². The van der Waals surface area contributed by atoms with Crippen molar-refractivity contribution >= 4 is 11.7 Å². The van der Waals surface area contributed by atoms with Gasteiger partial charge in [0.2, 0.25) is 0 Å². The van der Waals surface area contributed by atoms with E-state index in [1.54, 1.807) is 26.2 Å². The molecule has 6 heteroatoms. The number of carbonyl (C=O) groups is 1. The van der Waals surface area contributed by atoms with Gasteiger partial charge in [-0.15, -0.1) is 0 Å². The molecule has 4 aliphatic rings. The van der Waals surface area contributed by atoms with Gasteiger partial charge in [0, 0.05) is 18.9 Å². The maximum absolute atomic E-state index is 12.6. The highest BCUT2D eigenvalue weighted by Gasteiger charge is 2.69. The topological polar surface area (TPSA) is 88.3 Å². The van der Waals surface area contributed by atoms with Crippen molar-refractivity contribution in [1.82, 2.24) is 0 Å². The van der Waals surface area contributed by atoms with Crippen molar-refractivity contribution in [2.45, 2.75) is 83.5 Å². The zero-order valence-electron chi connectivity index (χ0n) is 21.4. The summed E-state index contributed by atoms with van der Waals surface area (Å²) in [7, 11) is 1.63. The number of aliphatic hydroxyl groups excluding tert-OH is 1. The Balaban J connectivity index is 1.38. The van der Waals surface area contributed by atoms with Crippen molar-refractivity contribution in [2.24, 2.45) is 33.7 Å². The van der Waals surface area contributed by atoms with Crippen LogP contribution in [-0.4, -0.2) is 46.9 Å². The van der Waals surface area contributed by atoms with Crippen LogP contribution in [0.2, 0.25) is 0 Å². The quantitative estimate of drug-likeness (QED) is 0.198. The van der Waals surface area contributed by atoms with Crippen LogP contribution in [0.1, 0.15) is 76.1 Å². The number of fused-ring (bicyclic) bond motifs is 5. The van der Waals surface area contributed by atoms with Crippen LogP contribution in [0.25, 0.3) is 0 Å². The van der Waals surface area contributed by atoms with Gasteiger partial charge in [0.05, 0.1) is 17.4 Å². The molecule has 0 aromatic heterocycles. The Labute approximate surface area is 208 Å². The molecule has 2 N–H and O–H groups in total. The largest absolute Gasteiger partial charge is 0.458 e. The van der Waals surface area contributed by atoms with Crippen molar-refractivity contribution in [2.75, 3.05) is 7.11 Å². The van der Waals surface area contributed by atoms with Gasteiger partial charge in [-0.25, -0.2) is 4.79 Å². The first kappa shape index (κ1) is 24.5. The number of nitrogens with zero attached hydrogens (tertiary/aromatic N) is 1. The monoisotopic (exact) mass is 481 g/mol. The summed E-state index contributed by atoms with van der Waals surface area (Å²) in [6, 6.07) is 9.23. The Morgan fingerprint density at radius 2 is 1.86 bits per heavy atom.